The van der Waals surface area contributed by atoms with E-state index in [0.717, 1.165) is 34.9 Å². The zero-order chi connectivity index (χ0) is 18.3. The van der Waals surface area contributed by atoms with Crippen molar-refractivity contribution in [3.05, 3.63) is 61.9 Å². The molecule has 0 bridgehead atoms. The topological polar surface area (TPSA) is 39.2 Å². The van der Waals surface area contributed by atoms with E-state index in [-0.39, 0.29) is 12.6 Å². The minimum Gasteiger partial charge on any atom is -0.457 e. The summed E-state index contributed by atoms with van der Waals surface area (Å²) in [5.41, 5.74) is 4.02. The van der Waals surface area contributed by atoms with Crippen LogP contribution < -0.4 is 0 Å². The maximum Gasteiger partial charge on any atom is 0.348 e. The lowest BCUT2D eigenvalue weighted by Gasteiger charge is -2.16. The minimum atomic E-state index is -0.280. The van der Waals surface area contributed by atoms with Gasteiger partial charge in [0.1, 0.15) is 16.6 Å². The minimum absolute atomic E-state index is 0.132. The van der Waals surface area contributed by atoms with Gasteiger partial charge in [-0.3, -0.25) is 0 Å². The number of nitrogens with zero attached hydrogens (tertiary/aromatic N) is 1. The molecule has 2 aromatic heterocycles. The van der Waals surface area contributed by atoms with Crippen molar-refractivity contribution in [3.63, 3.8) is 0 Å². The number of benzene rings is 1. The van der Waals surface area contributed by atoms with E-state index in [2.05, 4.69) is 11.9 Å². The van der Waals surface area contributed by atoms with E-state index >= 15 is 0 Å². The molecule has 0 fully saturated rings. The molecule has 3 nitrogen and oxygen atoms in total. The summed E-state index contributed by atoms with van der Waals surface area (Å²) in [6, 6.07) is 9.98. The quantitative estimate of drug-likeness (QED) is 0.426. The lowest BCUT2D eigenvalue weighted by atomic mass is 9.90. The molecule has 0 N–H and O–H groups in total. The number of carbonyl (C=O) groups excluding carboxylic acids is 1. The van der Waals surface area contributed by atoms with E-state index in [1.54, 1.807) is 11.3 Å². The van der Waals surface area contributed by atoms with Crippen molar-refractivity contribution in [2.24, 2.45) is 5.92 Å². The predicted molar refractivity (Wildman–Crippen MR) is 106 cm³/mol. The molecule has 1 aromatic carbocycles. The van der Waals surface area contributed by atoms with Gasteiger partial charge in [0.25, 0.3) is 0 Å². The molecule has 3 aromatic rings. The fourth-order valence-corrected chi connectivity index (χ4v) is 4.72. The molecule has 2 heterocycles. The van der Waals surface area contributed by atoms with Crippen LogP contribution in [0.4, 0.5) is 0 Å². The summed E-state index contributed by atoms with van der Waals surface area (Å²) in [6.45, 7) is 4.41. The van der Waals surface area contributed by atoms with Crippen molar-refractivity contribution in [1.29, 1.82) is 0 Å². The smallest absolute Gasteiger partial charge is 0.348 e. The number of aromatic nitrogens is 1. The zero-order valence-electron chi connectivity index (χ0n) is 14.8. The number of aryl methyl sites for hydroxylation is 2. The average molecular weight is 386 g/mol. The molecule has 134 valence electrons. The van der Waals surface area contributed by atoms with Crippen LogP contribution in [0.3, 0.4) is 0 Å². The molecule has 26 heavy (non-hydrogen) atoms. The Balaban J connectivity index is 1.50. The molecule has 5 heteroatoms. The molecule has 0 aliphatic heterocycles. The van der Waals surface area contributed by atoms with Gasteiger partial charge in [-0.25, -0.2) is 9.78 Å². The first kappa shape index (κ1) is 17.5. The molecular formula is C21H20ClNO2S. The molecule has 0 saturated heterocycles. The second-order valence-corrected chi connectivity index (χ2v) is 8.61. The monoisotopic (exact) mass is 385 g/mol. The van der Waals surface area contributed by atoms with Gasteiger partial charge in [-0.2, -0.15) is 0 Å². The van der Waals surface area contributed by atoms with Crippen LogP contribution in [0.25, 0.3) is 10.9 Å². The van der Waals surface area contributed by atoms with Crippen LogP contribution in [-0.2, 0) is 24.2 Å². The first-order valence-corrected chi connectivity index (χ1v) is 10.0. The third-order valence-corrected chi connectivity index (χ3v) is 6.43. The molecule has 0 spiro atoms. The third-order valence-electron chi connectivity index (χ3n) is 4.89. The molecule has 0 saturated carbocycles. The maximum absolute atomic E-state index is 12.5. The van der Waals surface area contributed by atoms with Crippen molar-refractivity contribution in [2.75, 3.05) is 0 Å². The van der Waals surface area contributed by atoms with Crippen molar-refractivity contribution in [3.8, 4) is 0 Å². The van der Waals surface area contributed by atoms with Crippen molar-refractivity contribution < 1.29 is 9.53 Å². The highest BCUT2D eigenvalue weighted by Crippen LogP contribution is 2.32. The van der Waals surface area contributed by atoms with Gasteiger partial charge in [0.15, 0.2) is 0 Å². The largest absolute Gasteiger partial charge is 0.457 e. The zero-order valence-corrected chi connectivity index (χ0v) is 16.4. The van der Waals surface area contributed by atoms with Gasteiger partial charge in [-0.15, -0.1) is 11.3 Å². The first-order chi connectivity index (χ1) is 12.5. The second kappa shape index (κ2) is 7.01. The van der Waals surface area contributed by atoms with Crippen LogP contribution in [-0.4, -0.2) is 11.0 Å². The lowest BCUT2D eigenvalue weighted by molar-refractivity contribution is 0.0478. The number of fused-ring (bicyclic) bond motifs is 2. The van der Waals surface area contributed by atoms with Crippen molar-refractivity contribution >= 4 is 39.8 Å². The standard InChI is InChI=1S/C21H20ClNO2S/c1-12-4-6-18-15(7-12)10-19(26-18)21(24)25-11-16-9-14-5-3-13(2)8-17(14)23-20(16)22/h3,5,8-10,12H,4,6-7,11H2,1-2H3. The maximum atomic E-state index is 12.5. The number of ether oxygens (including phenoxy) is 1. The Labute approximate surface area is 162 Å². The highest BCUT2D eigenvalue weighted by molar-refractivity contribution is 7.14. The molecular weight excluding hydrogens is 366 g/mol. The van der Waals surface area contributed by atoms with Crippen LogP contribution in [0.5, 0.6) is 0 Å². The highest BCUT2D eigenvalue weighted by Gasteiger charge is 2.21. The number of hydrogen-bond donors (Lipinski definition) is 0. The van der Waals surface area contributed by atoms with Gasteiger partial charge in [0.05, 0.1) is 5.52 Å². The van der Waals surface area contributed by atoms with E-state index in [9.17, 15) is 4.79 Å². The van der Waals surface area contributed by atoms with Crippen LogP contribution in [0.2, 0.25) is 5.15 Å². The first-order valence-electron chi connectivity index (χ1n) is 8.84. The summed E-state index contributed by atoms with van der Waals surface area (Å²) in [6.07, 6.45) is 3.31. The van der Waals surface area contributed by atoms with Gasteiger partial charge in [0, 0.05) is 15.8 Å². The van der Waals surface area contributed by atoms with E-state index in [1.807, 2.05) is 37.3 Å². The molecule has 1 aliphatic rings. The average Bonchev–Trinajstić information content (AvgIpc) is 3.03. The van der Waals surface area contributed by atoms with E-state index in [1.165, 1.54) is 16.9 Å². The van der Waals surface area contributed by atoms with Crippen LogP contribution in [0.1, 0.15) is 44.6 Å². The number of carbonyl (C=O) groups is 1. The summed E-state index contributed by atoms with van der Waals surface area (Å²) in [7, 11) is 0. The number of thiophene rings is 1. The van der Waals surface area contributed by atoms with Gasteiger partial charge >= 0.3 is 5.97 Å². The molecule has 1 atom stereocenters. The Morgan fingerprint density at radius 1 is 1.35 bits per heavy atom. The summed E-state index contributed by atoms with van der Waals surface area (Å²) in [5, 5.41) is 1.38. The molecule has 0 amide bonds. The third kappa shape index (κ3) is 3.49. The Hall–Kier alpha value is -1.91. The summed E-state index contributed by atoms with van der Waals surface area (Å²) >= 11 is 7.85. The van der Waals surface area contributed by atoms with Gasteiger partial charge in [0.2, 0.25) is 0 Å². The number of rotatable bonds is 3. The Kier molecular flexibility index (Phi) is 4.72. The number of halogens is 1. The summed E-state index contributed by atoms with van der Waals surface area (Å²) in [5.74, 6) is 0.407. The SMILES string of the molecule is Cc1ccc2cc(COC(=O)c3cc4c(s3)CCC(C)C4)c(Cl)nc2c1. The summed E-state index contributed by atoms with van der Waals surface area (Å²) in [4.78, 5) is 18.9. The Bertz CT molecular complexity index is 995. The predicted octanol–water partition coefficient (Wildman–Crippen LogP) is 5.74. The van der Waals surface area contributed by atoms with Gasteiger partial charge in [-0.1, -0.05) is 30.7 Å². The van der Waals surface area contributed by atoms with Crippen LogP contribution >= 0.6 is 22.9 Å². The van der Waals surface area contributed by atoms with E-state index in [4.69, 9.17) is 16.3 Å². The van der Waals surface area contributed by atoms with E-state index < -0.39 is 0 Å². The van der Waals surface area contributed by atoms with Gasteiger partial charge in [-0.05, 0) is 61.4 Å². The highest BCUT2D eigenvalue weighted by atomic mass is 35.5. The number of esters is 1. The Morgan fingerprint density at radius 3 is 3.04 bits per heavy atom. The summed E-state index contributed by atoms with van der Waals surface area (Å²) < 4.78 is 5.52. The van der Waals surface area contributed by atoms with Crippen LogP contribution in [0.15, 0.2) is 30.3 Å². The van der Waals surface area contributed by atoms with Crippen molar-refractivity contribution in [1.82, 2.24) is 4.98 Å². The Morgan fingerprint density at radius 2 is 2.19 bits per heavy atom. The fraction of sp³-hybridized carbons (Fsp3) is 0.333. The number of pyridine rings is 1. The van der Waals surface area contributed by atoms with Gasteiger partial charge < -0.3 is 4.74 Å². The lowest BCUT2D eigenvalue weighted by Crippen LogP contribution is -2.08. The van der Waals surface area contributed by atoms with Crippen LogP contribution in [0, 0.1) is 12.8 Å². The molecule has 0 radical (unpaired) electrons. The molecule has 1 aliphatic carbocycles. The molecule has 1 unspecified atom stereocenters. The molecule has 4 rings (SSSR count). The van der Waals surface area contributed by atoms with Crippen molar-refractivity contribution in [2.45, 2.75) is 39.7 Å². The fourth-order valence-electron chi connectivity index (χ4n) is 3.42. The second-order valence-electron chi connectivity index (χ2n) is 7.12. The normalized spacial score (nSPS) is 16.5. The number of hydrogen-bond acceptors (Lipinski definition) is 4. The van der Waals surface area contributed by atoms with E-state index in [0.29, 0.717) is 15.9 Å².